The van der Waals surface area contributed by atoms with Crippen molar-refractivity contribution in [3.05, 3.63) is 12.7 Å². The number of rotatable bonds is 4. The predicted octanol–water partition coefficient (Wildman–Crippen LogP) is -0.484. The number of hydrogen-bond acceptors (Lipinski definition) is 5. The van der Waals surface area contributed by atoms with Crippen molar-refractivity contribution in [3.8, 4) is 0 Å². The third-order valence-electron chi connectivity index (χ3n) is 3.21. The van der Waals surface area contributed by atoms with E-state index in [0.717, 1.165) is 5.06 Å². The molecular formula is C11H16N2O5. The van der Waals surface area contributed by atoms with Crippen LogP contribution in [0.25, 0.3) is 0 Å². The average molecular weight is 256 g/mol. The number of nitrogens with zero attached hydrogens (tertiary/aromatic N) is 2. The van der Waals surface area contributed by atoms with Crippen molar-refractivity contribution in [2.75, 3.05) is 20.3 Å². The molecule has 18 heavy (non-hydrogen) atoms. The molecule has 2 aliphatic rings. The molecule has 1 N–H and O–H groups in total. The van der Waals surface area contributed by atoms with Gasteiger partial charge in [0.1, 0.15) is 12.1 Å². The Morgan fingerprint density at radius 2 is 2.39 bits per heavy atom. The summed E-state index contributed by atoms with van der Waals surface area (Å²) in [6, 6.07) is -1.61. The average Bonchev–Trinajstić information content (AvgIpc) is 2.65. The number of carbonyl (C=O) groups is 2. The summed E-state index contributed by atoms with van der Waals surface area (Å²) in [5.41, 5.74) is 0. The van der Waals surface area contributed by atoms with Gasteiger partial charge in [-0.1, -0.05) is 6.08 Å². The fourth-order valence-corrected chi connectivity index (χ4v) is 2.32. The summed E-state index contributed by atoms with van der Waals surface area (Å²) in [4.78, 5) is 30.2. The van der Waals surface area contributed by atoms with E-state index in [0.29, 0.717) is 0 Å². The molecule has 2 aliphatic heterocycles. The zero-order valence-electron chi connectivity index (χ0n) is 10.1. The molecular weight excluding hydrogens is 240 g/mol. The minimum atomic E-state index is -0.804. The second-order valence-electron chi connectivity index (χ2n) is 4.25. The van der Waals surface area contributed by atoms with Crippen molar-refractivity contribution >= 4 is 12.0 Å². The number of fused-ring (bicyclic) bond motifs is 2. The molecule has 0 aliphatic carbocycles. The van der Waals surface area contributed by atoms with Crippen LogP contribution in [0.15, 0.2) is 12.7 Å². The monoisotopic (exact) mass is 256 g/mol. The van der Waals surface area contributed by atoms with Crippen LogP contribution in [0, 0.1) is 0 Å². The molecule has 2 bridgehead atoms. The normalized spacial score (nSPS) is 30.6. The summed E-state index contributed by atoms with van der Waals surface area (Å²) >= 11 is 0. The van der Waals surface area contributed by atoms with Crippen LogP contribution < -0.4 is 0 Å². The number of aliphatic hydroxyl groups is 1. The van der Waals surface area contributed by atoms with Gasteiger partial charge >= 0.3 is 12.0 Å². The Kier molecular flexibility index (Phi) is 3.53. The minimum absolute atomic E-state index is 0.164. The third kappa shape index (κ3) is 1.95. The van der Waals surface area contributed by atoms with Gasteiger partial charge in [-0.2, -0.15) is 5.06 Å². The van der Waals surface area contributed by atoms with Gasteiger partial charge in [0.25, 0.3) is 0 Å². The fourth-order valence-electron chi connectivity index (χ4n) is 2.32. The van der Waals surface area contributed by atoms with E-state index in [4.69, 9.17) is 4.84 Å². The van der Waals surface area contributed by atoms with Crippen LogP contribution in [0.5, 0.6) is 0 Å². The Morgan fingerprint density at radius 1 is 1.67 bits per heavy atom. The topological polar surface area (TPSA) is 79.3 Å². The fraction of sp³-hybridized carbons (Fsp3) is 0.636. The molecule has 0 radical (unpaired) electrons. The Balaban J connectivity index is 2.16. The third-order valence-corrected chi connectivity index (χ3v) is 3.21. The van der Waals surface area contributed by atoms with Crippen LogP contribution in [-0.4, -0.2) is 65.5 Å². The van der Waals surface area contributed by atoms with Crippen molar-refractivity contribution in [2.45, 2.75) is 24.6 Å². The molecule has 2 heterocycles. The maximum absolute atomic E-state index is 12.0. The van der Waals surface area contributed by atoms with Crippen LogP contribution in [0.3, 0.4) is 0 Å². The lowest BCUT2D eigenvalue weighted by molar-refractivity contribution is -0.151. The zero-order valence-corrected chi connectivity index (χ0v) is 10.1. The van der Waals surface area contributed by atoms with E-state index >= 15 is 0 Å². The van der Waals surface area contributed by atoms with Gasteiger partial charge in [-0.3, -0.25) is 4.84 Å². The number of carbonyl (C=O) groups excluding carboxylic acids is 2. The van der Waals surface area contributed by atoms with Gasteiger partial charge < -0.3 is 14.7 Å². The lowest BCUT2D eigenvalue weighted by Gasteiger charge is -2.31. The number of hydroxylamine groups is 2. The molecule has 2 saturated heterocycles. The van der Waals surface area contributed by atoms with Crippen molar-refractivity contribution in [1.29, 1.82) is 0 Å². The molecule has 0 saturated carbocycles. The summed E-state index contributed by atoms with van der Waals surface area (Å²) < 4.78 is 4.63. The summed E-state index contributed by atoms with van der Waals surface area (Å²) in [7, 11) is 1.26. The highest BCUT2D eigenvalue weighted by Crippen LogP contribution is 2.30. The minimum Gasteiger partial charge on any atom is -0.467 e. The molecule has 2 amide bonds. The van der Waals surface area contributed by atoms with Gasteiger partial charge in [0.05, 0.1) is 19.8 Å². The standard InChI is InChI=1S/C11H16N2O5/c1-3-4-18-13-8-6-12(11(13)16)7(5-9(8)14)10(15)17-2/h3,7-9,14H,1,4-6H2,2H3/t7-,8-,9-/m0/s1. The number of methoxy groups -OCH3 is 1. The van der Waals surface area contributed by atoms with Gasteiger partial charge in [0.15, 0.2) is 0 Å². The Labute approximate surface area is 105 Å². The van der Waals surface area contributed by atoms with E-state index in [-0.39, 0.29) is 19.6 Å². The lowest BCUT2D eigenvalue weighted by atomic mass is 9.98. The first-order chi connectivity index (χ1) is 8.60. The molecule has 0 aromatic heterocycles. The molecule has 2 fully saturated rings. The smallest absolute Gasteiger partial charge is 0.345 e. The van der Waals surface area contributed by atoms with E-state index in [1.807, 2.05) is 0 Å². The predicted molar refractivity (Wildman–Crippen MR) is 60.3 cm³/mol. The maximum atomic E-state index is 12.0. The molecule has 7 nitrogen and oxygen atoms in total. The number of esters is 1. The summed E-state index contributed by atoms with van der Waals surface area (Å²) in [5, 5.41) is 11.1. The molecule has 2 rings (SSSR count). The van der Waals surface area contributed by atoms with Gasteiger partial charge in [-0.15, -0.1) is 6.58 Å². The summed E-state index contributed by atoms with van der Waals surface area (Å²) in [6.07, 6.45) is 0.869. The van der Waals surface area contributed by atoms with Crippen LogP contribution in [-0.2, 0) is 14.4 Å². The van der Waals surface area contributed by atoms with Gasteiger partial charge in [0, 0.05) is 13.0 Å². The highest BCUT2D eigenvalue weighted by molar-refractivity contribution is 5.85. The van der Waals surface area contributed by atoms with Crippen molar-refractivity contribution in [1.82, 2.24) is 9.96 Å². The Morgan fingerprint density at radius 3 is 3.00 bits per heavy atom. The molecule has 0 aromatic rings. The molecule has 100 valence electrons. The number of aliphatic hydroxyl groups excluding tert-OH is 1. The Hall–Kier alpha value is -1.60. The van der Waals surface area contributed by atoms with Crippen molar-refractivity contribution in [2.24, 2.45) is 0 Å². The molecule has 0 spiro atoms. The molecule has 0 unspecified atom stereocenters. The van der Waals surface area contributed by atoms with Crippen LogP contribution in [0.1, 0.15) is 6.42 Å². The maximum Gasteiger partial charge on any atom is 0.345 e. The lowest BCUT2D eigenvalue weighted by Crippen LogP contribution is -2.50. The van der Waals surface area contributed by atoms with E-state index in [9.17, 15) is 14.7 Å². The van der Waals surface area contributed by atoms with Crippen molar-refractivity contribution in [3.63, 3.8) is 0 Å². The first-order valence-corrected chi connectivity index (χ1v) is 5.69. The van der Waals surface area contributed by atoms with Gasteiger partial charge in [0.2, 0.25) is 0 Å². The highest BCUT2D eigenvalue weighted by Gasteiger charge is 2.52. The van der Waals surface area contributed by atoms with Gasteiger partial charge in [-0.05, 0) is 0 Å². The Bertz CT molecular complexity index is 372. The second kappa shape index (κ2) is 4.95. The molecule has 3 atom stereocenters. The largest absolute Gasteiger partial charge is 0.467 e. The van der Waals surface area contributed by atoms with Gasteiger partial charge in [-0.25, -0.2) is 9.59 Å². The second-order valence-corrected chi connectivity index (χ2v) is 4.25. The zero-order chi connectivity index (χ0) is 13.3. The summed E-state index contributed by atoms with van der Waals surface area (Å²) in [6.45, 7) is 3.93. The number of urea groups is 1. The SMILES string of the molecule is C=CCON1C(=O)N2C[C@H]1[C@@H](O)C[C@H]2C(=O)OC. The number of piperidine rings is 1. The van der Waals surface area contributed by atoms with Crippen LogP contribution in [0.4, 0.5) is 4.79 Å². The van der Waals surface area contributed by atoms with E-state index in [1.54, 1.807) is 0 Å². The quantitative estimate of drug-likeness (QED) is 0.542. The van der Waals surface area contributed by atoms with E-state index in [1.165, 1.54) is 18.1 Å². The van der Waals surface area contributed by atoms with Crippen LogP contribution >= 0.6 is 0 Å². The first-order valence-electron chi connectivity index (χ1n) is 5.69. The van der Waals surface area contributed by atoms with Crippen LogP contribution in [0.2, 0.25) is 0 Å². The number of amides is 2. The molecule has 7 heteroatoms. The molecule has 0 aromatic carbocycles. The first kappa shape index (κ1) is 12.8. The number of ether oxygens (including phenoxy) is 1. The summed E-state index contributed by atoms with van der Waals surface area (Å²) in [5.74, 6) is -0.522. The van der Waals surface area contributed by atoms with E-state index in [2.05, 4.69) is 11.3 Å². The highest BCUT2D eigenvalue weighted by atomic mass is 16.7. The van der Waals surface area contributed by atoms with Crippen molar-refractivity contribution < 1.29 is 24.3 Å². The number of hydrogen-bond donors (Lipinski definition) is 1. The van der Waals surface area contributed by atoms with E-state index < -0.39 is 30.2 Å².